The fourth-order valence-electron chi connectivity index (χ4n) is 3.79. The molecule has 34 heavy (non-hydrogen) atoms. The van der Waals surface area contributed by atoms with Gasteiger partial charge in [0.1, 0.15) is 6.61 Å². The first-order chi connectivity index (χ1) is 16.7. The standard InChI is InChI=1S/C28H24N4O2/c1-19-13-15-21(16-14-19)29-28(33)34-18-20-7-6-8-22(17-20)31-32-27-23-9-2-4-11-25(23)30-26-12-5-3-10-24(26)27/h2-17,31H,18H2,1H3,(H,29,33)(H,30,32). The third-order valence-electron chi connectivity index (χ3n) is 5.51. The quantitative estimate of drug-likeness (QED) is 0.195. The molecule has 0 unspecified atom stereocenters. The summed E-state index contributed by atoms with van der Waals surface area (Å²) in [7, 11) is 0. The van der Waals surface area contributed by atoms with Gasteiger partial charge in [-0.1, -0.05) is 66.2 Å². The lowest BCUT2D eigenvalue weighted by molar-refractivity contribution is 0.155. The Bertz CT molecular complexity index is 1410. The zero-order valence-corrected chi connectivity index (χ0v) is 18.7. The molecule has 0 atom stereocenters. The molecule has 0 saturated heterocycles. The second-order valence-corrected chi connectivity index (χ2v) is 8.04. The van der Waals surface area contributed by atoms with Crippen LogP contribution < -0.4 is 16.2 Å². The molecule has 0 aliphatic rings. The van der Waals surface area contributed by atoms with Crippen LogP contribution in [-0.2, 0) is 11.3 Å². The van der Waals surface area contributed by atoms with Crippen molar-refractivity contribution in [2.45, 2.75) is 13.5 Å². The lowest BCUT2D eigenvalue weighted by Crippen LogP contribution is -2.14. The Labute approximate surface area is 197 Å². The second-order valence-electron chi connectivity index (χ2n) is 8.04. The summed E-state index contributed by atoms with van der Waals surface area (Å²) in [5.74, 6) is 0. The zero-order chi connectivity index (χ0) is 23.3. The highest BCUT2D eigenvalue weighted by atomic mass is 16.5. The number of hydrogen-bond donors (Lipinski definition) is 3. The van der Waals surface area contributed by atoms with Crippen molar-refractivity contribution in [3.8, 4) is 0 Å². The molecule has 1 heterocycles. The molecular weight excluding hydrogens is 424 g/mol. The van der Waals surface area contributed by atoms with Crippen LogP contribution in [0.2, 0.25) is 0 Å². The van der Waals surface area contributed by atoms with Gasteiger partial charge in [-0.2, -0.15) is 0 Å². The zero-order valence-electron chi connectivity index (χ0n) is 18.7. The average molecular weight is 449 g/mol. The Morgan fingerprint density at radius 2 is 1.44 bits per heavy atom. The fourth-order valence-corrected chi connectivity index (χ4v) is 3.79. The van der Waals surface area contributed by atoms with E-state index in [-0.39, 0.29) is 6.61 Å². The largest absolute Gasteiger partial charge is 0.444 e. The molecule has 1 aromatic heterocycles. The Balaban J connectivity index is 1.28. The van der Waals surface area contributed by atoms with Gasteiger partial charge in [0.2, 0.25) is 0 Å². The van der Waals surface area contributed by atoms with Gasteiger partial charge in [-0.15, -0.1) is 0 Å². The molecule has 4 aromatic carbocycles. The average Bonchev–Trinajstić information content (AvgIpc) is 2.87. The number of carbonyl (C=O) groups excluding carboxylic acids is 1. The summed E-state index contributed by atoms with van der Waals surface area (Å²) in [6.07, 6.45) is -0.491. The summed E-state index contributed by atoms with van der Waals surface area (Å²) < 4.78 is 5.39. The number of rotatable bonds is 6. The van der Waals surface area contributed by atoms with Crippen LogP contribution in [0, 0.1) is 6.92 Å². The van der Waals surface area contributed by atoms with Crippen molar-refractivity contribution in [2.75, 3.05) is 16.2 Å². The van der Waals surface area contributed by atoms with Gasteiger partial charge in [-0.05, 0) is 48.9 Å². The van der Waals surface area contributed by atoms with Crippen LogP contribution >= 0.6 is 0 Å². The van der Waals surface area contributed by atoms with Crippen molar-refractivity contribution in [3.63, 3.8) is 0 Å². The van der Waals surface area contributed by atoms with Crippen LogP contribution in [0.15, 0.2) is 97.1 Å². The van der Waals surface area contributed by atoms with E-state index in [1.807, 2.05) is 91.9 Å². The predicted octanol–water partition coefficient (Wildman–Crippen LogP) is 6.88. The number of para-hydroxylation sites is 2. The lowest BCUT2D eigenvalue weighted by atomic mass is 10.1. The first-order valence-corrected chi connectivity index (χ1v) is 11.0. The van der Waals surface area contributed by atoms with Gasteiger partial charge in [0, 0.05) is 16.5 Å². The minimum Gasteiger partial charge on any atom is -0.444 e. The van der Waals surface area contributed by atoms with Crippen molar-refractivity contribution >= 4 is 45.0 Å². The van der Waals surface area contributed by atoms with E-state index in [4.69, 9.17) is 9.72 Å². The minimum absolute atomic E-state index is 0.161. The highest BCUT2D eigenvalue weighted by Crippen LogP contribution is 2.30. The number of nitrogens with zero attached hydrogens (tertiary/aromatic N) is 1. The number of anilines is 3. The molecular formula is C28H24N4O2. The van der Waals surface area contributed by atoms with Gasteiger partial charge < -0.3 is 10.2 Å². The van der Waals surface area contributed by atoms with Crippen molar-refractivity contribution in [3.05, 3.63) is 108 Å². The molecule has 6 nitrogen and oxygen atoms in total. The third-order valence-corrected chi connectivity index (χ3v) is 5.51. The van der Waals surface area contributed by atoms with E-state index in [0.29, 0.717) is 5.69 Å². The highest BCUT2D eigenvalue weighted by Gasteiger charge is 2.09. The number of fused-ring (bicyclic) bond motifs is 2. The molecule has 0 spiro atoms. The molecule has 5 aromatic rings. The number of hydrogen-bond acceptors (Lipinski definition) is 5. The monoisotopic (exact) mass is 448 g/mol. The van der Waals surface area contributed by atoms with E-state index in [9.17, 15) is 4.79 Å². The fraction of sp³-hybridized carbons (Fsp3) is 0.0714. The number of nitrogens with one attached hydrogen (secondary N) is 3. The molecule has 6 heteroatoms. The number of aryl methyl sites for hydroxylation is 1. The van der Waals surface area contributed by atoms with Gasteiger partial charge in [0.15, 0.2) is 0 Å². The van der Waals surface area contributed by atoms with Gasteiger partial charge in [0.25, 0.3) is 0 Å². The number of pyridine rings is 1. The molecule has 1 amide bonds. The van der Waals surface area contributed by atoms with Gasteiger partial charge >= 0.3 is 6.09 Å². The van der Waals surface area contributed by atoms with Crippen LogP contribution in [0.3, 0.4) is 0 Å². The summed E-state index contributed by atoms with van der Waals surface area (Å²) in [4.78, 5) is 16.9. The van der Waals surface area contributed by atoms with E-state index in [2.05, 4.69) is 28.3 Å². The summed E-state index contributed by atoms with van der Waals surface area (Å²) in [5.41, 5.74) is 13.0. The number of hydrazine groups is 1. The number of carbonyl (C=O) groups is 1. The second kappa shape index (κ2) is 9.50. The molecule has 0 saturated carbocycles. The Hall–Kier alpha value is -4.58. The summed E-state index contributed by atoms with van der Waals surface area (Å²) in [6, 6.07) is 31.4. The van der Waals surface area contributed by atoms with Gasteiger partial charge in [0.05, 0.1) is 22.4 Å². The Morgan fingerprint density at radius 3 is 2.15 bits per heavy atom. The molecule has 3 N–H and O–H groups in total. The molecule has 0 aliphatic carbocycles. The van der Waals surface area contributed by atoms with Crippen LogP contribution in [0.25, 0.3) is 21.8 Å². The maximum absolute atomic E-state index is 12.1. The maximum atomic E-state index is 12.1. The predicted molar refractivity (Wildman–Crippen MR) is 138 cm³/mol. The summed E-state index contributed by atoms with van der Waals surface area (Å²) in [5, 5.41) is 4.80. The molecule has 5 rings (SSSR count). The van der Waals surface area contributed by atoms with E-state index in [1.54, 1.807) is 0 Å². The first-order valence-electron chi connectivity index (χ1n) is 11.0. The lowest BCUT2D eigenvalue weighted by Gasteiger charge is -2.15. The minimum atomic E-state index is -0.491. The summed E-state index contributed by atoms with van der Waals surface area (Å²) in [6.45, 7) is 2.16. The Morgan fingerprint density at radius 1 is 0.765 bits per heavy atom. The SMILES string of the molecule is Cc1ccc(NC(=O)OCc2cccc(NNc3c4ccccc4nc4ccccc34)c2)cc1. The van der Waals surface area contributed by atoms with E-state index < -0.39 is 6.09 Å². The van der Waals surface area contributed by atoms with E-state index >= 15 is 0 Å². The maximum Gasteiger partial charge on any atom is 0.411 e. The molecule has 168 valence electrons. The van der Waals surface area contributed by atoms with Gasteiger partial charge in [-0.25, -0.2) is 9.78 Å². The van der Waals surface area contributed by atoms with Crippen molar-refractivity contribution < 1.29 is 9.53 Å². The number of benzene rings is 4. The third kappa shape index (κ3) is 4.76. The number of ether oxygens (including phenoxy) is 1. The van der Waals surface area contributed by atoms with Crippen molar-refractivity contribution in [1.29, 1.82) is 0 Å². The normalized spacial score (nSPS) is 10.7. The molecule has 0 aliphatic heterocycles. The Kier molecular flexibility index (Phi) is 5.95. The molecule has 0 bridgehead atoms. The first kappa shape index (κ1) is 21.3. The highest BCUT2D eigenvalue weighted by molar-refractivity contribution is 6.07. The van der Waals surface area contributed by atoms with E-state index in [0.717, 1.165) is 44.3 Å². The van der Waals surface area contributed by atoms with E-state index in [1.165, 1.54) is 0 Å². The smallest absolute Gasteiger partial charge is 0.411 e. The number of amides is 1. The van der Waals surface area contributed by atoms with Gasteiger partial charge in [-0.3, -0.25) is 10.7 Å². The number of aromatic nitrogens is 1. The summed E-state index contributed by atoms with van der Waals surface area (Å²) >= 11 is 0. The molecule has 0 fully saturated rings. The van der Waals surface area contributed by atoms with Crippen molar-refractivity contribution in [1.82, 2.24) is 4.98 Å². The van der Waals surface area contributed by atoms with Crippen LogP contribution in [0.4, 0.5) is 21.9 Å². The van der Waals surface area contributed by atoms with Crippen LogP contribution in [0.1, 0.15) is 11.1 Å². The topological polar surface area (TPSA) is 75.3 Å². The van der Waals surface area contributed by atoms with Crippen LogP contribution in [-0.4, -0.2) is 11.1 Å². The van der Waals surface area contributed by atoms with Crippen molar-refractivity contribution in [2.24, 2.45) is 0 Å². The molecule has 0 radical (unpaired) electrons. The van der Waals surface area contributed by atoms with Crippen LogP contribution in [0.5, 0.6) is 0 Å².